The molecule has 0 saturated carbocycles. The zero-order chi connectivity index (χ0) is 20.0. The van der Waals surface area contributed by atoms with Gasteiger partial charge in [0.25, 0.3) is 0 Å². The highest BCUT2D eigenvalue weighted by Crippen LogP contribution is 2.57. The number of hydrogen-bond donors (Lipinski definition) is 0. The highest BCUT2D eigenvalue weighted by atomic mass is 32.1. The molecule has 0 radical (unpaired) electrons. The molecule has 2 nitrogen and oxygen atoms in total. The first-order valence-corrected chi connectivity index (χ1v) is 10.9. The van der Waals surface area contributed by atoms with Gasteiger partial charge in [-0.3, -0.25) is 9.97 Å². The molecule has 0 amide bonds. The maximum absolute atomic E-state index is 4.78. The largest absolute Gasteiger partial charge is 0.254 e. The number of thiophene rings is 1. The smallest absolute Gasteiger partial charge is 0.0937 e. The summed E-state index contributed by atoms with van der Waals surface area (Å²) in [6.07, 6.45) is 3.73. The Morgan fingerprint density at radius 1 is 0.600 bits per heavy atom. The minimum atomic E-state index is -0.437. The summed E-state index contributed by atoms with van der Waals surface area (Å²) in [6.45, 7) is 0. The molecule has 0 atom stereocenters. The summed E-state index contributed by atoms with van der Waals surface area (Å²) >= 11 is 1.81. The fourth-order valence-electron chi connectivity index (χ4n) is 4.76. The van der Waals surface area contributed by atoms with Crippen molar-refractivity contribution in [2.75, 3.05) is 0 Å². The summed E-state index contributed by atoms with van der Waals surface area (Å²) in [5.41, 5.74) is 7.64. The van der Waals surface area contributed by atoms with Gasteiger partial charge in [0.1, 0.15) is 0 Å². The average Bonchev–Trinajstić information content (AvgIpc) is 3.42. The molecule has 2 aromatic carbocycles. The number of rotatable bonds is 3. The molecule has 0 aliphatic heterocycles. The van der Waals surface area contributed by atoms with Gasteiger partial charge in [0.2, 0.25) is 0 Å². The second-order valence-electron chi connectivity index (χ2n) is 7.44. The Morgan fingerprint density at radius 3 is 1.83 bits per heavy atom. The minimum absolute atomic E-state index is 0.437. The van der Waals surface area contributed by atoms with Crippen molar-refractivity contribution >= 4 is 11.3 Å². The normalized spacial score (nSPS) is 13.6. The minimum Gasteiger partial charge on any atom is -0.254 e. The number of benzene rings is 2. The molecule has 1 aliphatic carbocycles. The molecule has 3 aromatic heterocycles. The number of nitrogens with zero attached hydrogens (tertiary/aromatic N) is 2. The Hall–Kier alpha value is -3.56. The maximum atomic E-state index is 4.78. The summed E-state index contributed by atoms with van der Waals surface area (Å²) in [4.78, 5) is 10.9. The van der Waals surface area contributed by atoms with E-state index in [4.69, 9.17) is 9.97 Å². The fraction of sp³-hybridized carbons (Fsp3) is 0.0370. The number of pyridine rings is 2. The Morgan fingerprint density at radius 2 is 1.20 bits per heavy atom. The summed E-state index contributed by atoms with van der Waals surface area (Å²) in [7, 11) is 0. The van der Waals surface area contributed by atoms with E-state index in [-0.39, 0.29) is 0 Å². The van der Waals surface area contributed by atoms with Crippen LogP contribution in [0.2, 0.25) is 0 Å². The fourth-order valence-corrected chi connectivity index (χ4v) is 5.93. The van der Waals surface area contributed by atoms with Crippen LogP contribution in [0, 0.1) is 0 Å². The van der Waals surface area contributed by atoms with Crippen LogP contribution in [0.3, 0.4) is 0 Å². The van der Waals surface area contributed by atoms with Crippen LogP contribution in [-0.4, -0.2) is 9.97 Å². The lowest BCUT2D eigenvalue weighted by atomic mass is 9.70. The molecule has 3 heteroatoms. The van der Waals surface area contributed by atoms with Crippen LogP contribution in [0.25, 0.3) is 22.5 Å². The number of hydrogen-bond acceptors (Lipinski definition) is 3. The van der Waals surface area contributed by atoms with Crippen molar-refractivity contribution in [1.82, 2.24) is 9.97 Å². The van der Waals surface area contributed by atoms with Gasteiger partial charge in [0.05, 0.1) is 16.8 Å². The monoisotopic (exact) mass is 402 g/mol. The zero-order valence-electron chi connectivity index (χ0n) is 16.2. The Bertz CT molecular complexity index is 1290. The predicted molar refractivity (Wildman–Crippen MR) is 123 cm³/mol. The number of fused-ring (bicyclic) bond motifs is 3. The summed E-state index contributed by atoms with van der Waals surface area (Å²) in [5.74, 6) is 0. The molecule has 0 bridgehead atoms. The van der Waals surface area contributed by atoms with Crippen LogP contribution in [0.1, 0.15) is 21.6 Å². The van der Waals surface area contributed by atoms with Crippen LogP contribution in [0.15, 0.2) is 109 Å². The van der Waals surface area contributed by atoms with Crippen LogP contribution >= 0.6 is 11.3 Å². The lowest BCUT2D eigenvalue weighted by Gasteiger charge is -2.33. The van der Waals surface area contributed by atoms with Gasteiger partial charge in [0, 0.05) is 28.4 Å². The van der Waals surface area contributed by atoms with Crippen LogP contribution in [0.5, 0.6) is 0 Å². The maximum Gasteiger partial charge on any atom is 0.0937 e. The van der Waals surface area contributed by atoms with Gasteiger partial charge < -0.3 is 0 Å². The highest BCUT2D eigenvalue weighted by molar-refractivity contribution is 7.10. The first-order valence-electron chi connectivity index (χ1n) is 10.0. The molecule has 0 saturated heterocycles. The van der Waals surface area contributed by atoms with Crippen molar-refractivity contribution in [3.63, 3.8) is 0 Å². The highest BCUT2D eigenvalue weighted by Gasteiger charge is 2.49. The van der Waals surface area contributed by atoms with E-state index in [1.165, 1.54) is 32.7 Å². The molecule has 142 valence electrons. The molecular weight excluding hydrogens is 384 g/mol. The molecule has 5 aromatic rings. The number of aromatic nitrogens is 2. The van der Waals surface area contributed by atoms with Crippen molar-refractivity contribution in [3.8, 4) is 22.5 Å². The van der Waals surface area contributed by atoms with Crippen molar-refractivity contribution in [2.24, 2.45) is 0 Å². The summed E-state index contributed by atoms with van der Waals surface area (Å²) < 4.78 is 0. The van der Waals surface area contributed by atoms with Crippen LogP contribution in [0.4, 0.5) is 0 Å². The summed E-state index contributed by atoms with van der Waals surface area (Å²) in [6, 6.07) is 32.2. The molecule has 1 aliphatic rings. The lowest BCUT2D eigenvalue weighted by molar-refractivity contribution is 0.785. The molecule has 0 unspecified atom stereocenters. The summed E-state index contributed by atoms with van der Waals surface area (Å²) in [5, 5.41) is 2.20. The molecule has 30 heavy (non-hydrogen) atoms. The second-order valence-corrected chi connectivity index (χ2v) is 8.36. The molecule has 0 N–H and O–H groups in total. The third kappa shape index (κ3) is 2.30. The van der Waals surface area contributed by atoms with E-state index in [1.54, 1.807) is 11.3 Å². The van der Waals surface area contributed by atoms with Crippen molar-refractivity contribution in [1.29, 1.82) is 0 Å². The first kappa shape index (κ1) is 17.3. The van der Waals surface area contributed by atoms with Crippen LogP contribution < -0.4 is 0 Å². The SMILES string of the molecule is c1ccc(-c2ccsc2C2(c3ccccc3)c3cccnc3-c3ncccc32)cc1. The van der Waals surface area contributed by atoms with Gasteiger partial charge in [-0.1, -0.05) is 72.8 Å². The van der Waals surface area contributed by atoms with E-state index in [9.17, 15) is 0 Å². The average molecular weight is 403 g/mol. The van der Waals surface area contributed by atoms with E-state index >= 15 is 0 Å². The third-order valence-corrected chi connectivity index (χ3v) is 6.98. The lowest BCUT2D eigenvalue weighted by Crippen LogP contribution is -2.28. The molecular formula is C27H18N2S. The standard InChI is InChI=1S/C27H18N2S/c1-3-9-19(10-4-1)21-15-18-30-26(21)27(20-11-5-2-6-12-20)22-13-7-16-28-24(22)25-23(27)14-8-17-29-25/h1-18H. The Balaban J connectivity index is 1.78. The Kier molecular flexibility index (Phi) is 3.90. The van der Waals surface area contributed by atoms with Crippen LogP contribution in [-0.2, 0) is 5.41 Å². The van der Waals surface area contributed by atoms with E-state index in [0.29, 0.717) is 0 Å². The van der Waals surface area contributed by atoms with Gasteiger partial charge in [-0.05, 0) is 40.3 Å². The third-order valence-electron chi connectivity index (χ3n) is 5.95. The topological polar surface area (TPSA) is 25.8 Å². The van der Waals surface area contributed by atoms with E-state index < -0.39 is 5.41 Å². The van der Waals surface area contributed by atoms with Gasteiger partial charge in [0.15, 0.2) is 0 Å². The quantitative estimate of drug-likeness (QED) is 0.335. The van der Waals surface area contributed by atoms with Gasteiger partial charge in [-0.2, -0.15) is 0 Å². The molecule has 3 heterocycles. The molecule has 0 fully saturated rings. The second kappa shape index (κ2) is 6.75. The van der Waals surface area contributed by atoms with Gasteiger partial charge >= 0.3 is 0 Å². The van der Waals surface area contributed by atoms with Gasteiger partial charge in [-0.25, -0.2) is 0 Å². The molecule has 6 rings (SSSR count). The van der Waals surface area contributed by atoms with Crippen molar-refractivity contribution < 1.29 is 0 Å². The van der Waals surface area contributed by atoms with E-state index in [2.05, 4.69) is 84.2 Å². The van der Waals surface area contributed by atoms with Gasteiger partial charge in [-0.15, -0.1) is 11.3 Å². The van der Waals surface area contributed by atoms with E-state index in [0.717, 1.165) is 11.4 Å². The molecule has 0 spiro atoms. The van der Waals surface area contributed by atoms with E-state index in [1.807, 2.05) is 24.5 Å². The Labute approximate surface area is 179 Å². The van der Waals surface area contributed by atoms with Crippen molar-refractivity contribution in [3.05, 3.63) is 130 Å². The zero-order valence-corrected chi connectivity index (χ0v) is 17.0. The first-order chi connectivity index (χ1) is 14.9. The predicted octanol–water partition coefficient (Wildman–Crippen LogP) is 6.57. The van der Waals surface area contributed by atoms with Crippen molar-refractivity contribution in [2.45, 2.75) is 5.41 Å².